The van der Waals surface area contributed by atoms with Crippen molar-refractivity contribution in [1.82, 2.24) is 5.32 Å². The van der Waals surface area contributed by atoms with Gasteiger partial charge in [-0.2, -0.15) is 0 Å². The van der Waals surface area contributed by atoms with Crippen molar-refractivity contribution in [3.05, 3.63) is 27.7 Å². The van der Waals surface area contributed by atoms with Crippen molar-refractivity contribution in [2.45, 2.75) is 43.5 Å². The molecule has 1 aromatic carbocycles. The highest BCUT2D eigenvalue weighted by molar-refractivity contribution is 9.10. The van der Waals surface area contributed by atoms with Gasteiger partial charge in [0.1, 0.15) is 0 Å². The van der Waals surface area contributed by atoms with Gasteiger partial charge in [0, 0.05) is 26.8 Å². The van der Waals surface area contributed by atoms with E-state index < -0.39 is 9.05 Å². The number of rotatable bonds is 3. The van der Waals surface area contributed by atoms with Crippen LogP contribution >= 0.6 is 26.6 Å². The van der Waals surface area contributed by atoms with Crippen LogP contribution in [-0.2, 0) is 9.05 Å². The van der Waals surface area contributed by atoms with Crippen LogP contribution in [0.25, 0.3) is 0 Å². The number of hydrogen-bond donors (Lipinski definition) is 1. The number of carbonyl (C=O) groups excluding carboxylic acids is 1. The lowest BCUT2D eigenvalue weighted by atomic mass is 10.1. The third-order valence-corrected chi connectivity index (χ3v) is 5.78. The summed E-state index contributed by atoms with van der Waals surface area (Å²) in [6.45, 7) is 1.64. The number of carbonyl (C=O) groups is 1. The summed E-state index contributed by atoms with van der Waals surface area (Å²) in [7, 11) is 1.53. The summed E-state index contributed by atoms with van der Waals surface area (Å²) >= 11 is 3.27. The topological polar surface area (TPSA) is 63.2 Å². The average Bonchev–Trinajstić information content (AvgIpc) is 2.83. The van der Waals surface area contributed by atoms with Crippen LogP contribution in [0.2, 0.25) is 0 Å². The van der Waals surface area contributed by atoms with E-state index in [1.165, 1.54) is 6.07 Å². The summed E-state index contributed by atoms with van der Waals surface area (Å²) in [6, 6.07) is 3.12. The molecular weight excluding hydrogens is 366 g/mol. The van der Waals surface area contributed by atoms with Crippen molar-refractivity contribution in [3.63, 3.8) is 0 Å². The molecule has 0 aromatic heterocycles. The standard InChI is InChI=1S/C13H15BrClNO3S/c1-8-11(14)6-9(7-12(8)20(15,18)19)13(17)16-10-4-2-3-5-10/h6-7,10H,2-5H2,1H3,(H,16,17). The zero-order valence-corrected chi connectivity index (χ0v) is 14.1. The first kappa shape index (κ1) is 15.8. The van der Waals surface area contributed by atoms with Crippen LogP contribution in [0.1, 0.15) is 41.6 Å². The molecule has 20 heavy (non-hydrogen) atoms. The first-order valence-electron chi connectivity index (χ1n) is 6.34. The van der Waals surface area contributed by atoms with Crippen LogP contribution in [0.3, 0.4) is 0 Å². The van der Waals surface area contributed by atoms with Crippen molar-refractivity contribution in [2.24, 2.45) is 0 Å². The van der Waals surface area contributed by atoms with Crippen molar-refractivity contribution in [1.29, 1.82) is 0 Å². The number of benzene rings is 1. The van der Waals surface area contributed by atoms with E-state index in [-0.39, 0.29) is 16.8 Å². The molecule has 0 radical (unpaired) electrons. The summed E-state index contributed by atoms with van der Waals surface area (Å²) in [6.07, 6.45) is 4.17. The summed E-state index contributed by atoms with van der Waals surface area (Å²) in [4.78, 5) is 12.1. The van der Waals surface area contributed by atoms with Gasteiger partial charge in [-0.25, -0.2) is 8.42 Å². The van der Waals surface area contributed by atoms with Gasteiger partial charge in [-0.1, -0.05) is 28.8 Å². The van der Waals surface area contributed by atoms with Crippen LogP contribution in [0.5, 0.6) is 0 Å². The molecule has 1 aliphatic carbocycles. The number of amides is 1. The van der Waals surface area contributed by atoms with E-state index in [1.54, 1.807) is 13.0 Å². The maximum absolute atomic E-state index is 12.2. The molecule has 1 saturated carbocycles. The molecule has 0 unspecified atom stereocenters. The number of halogens is 2. The molecule has 1 aliphatic rings. The maximum Gasteiger partial charge on any atom is 0.261 e. The Morgan fingerprint density at radius 3 is 2.50 bits per heavy atom. The van der Waals surface area contributed by atoms with Gasteiger partial charge in [0.05, 0.1) is 4.90 Å². The summed E-state index contributed by atoms with van der Waals surface area (Å²) in [5.41, 5.74) is 0.797. The van der Waals surface area contributed by atoms with Crippen LogP contribution in [0.15, 0.2) is 21.5 Å². The second-order valence-electron chi connectivity index (χ2n) is 4.97. The van der Waals surface area contributed by atoms with Gasteiger partial charge in [0.15, 0.2) is 0 Å². The summed E-state index contributed by atoms with van der Waals surface area (Å²) in [5.74, 6) is -0.265. The largest absolute Gasteiger partial charge is 0.349 e. The predicted octanol–water partition coefficient (Wildman–Crippen LogP) is 3.36. The fraction of sp³-hybridized carbons (Fsp3) is 0.462. The normalized spacial score (nSPS) is 16.4. The summed E-state index contributed by atoms with van der Waals surface area (Å²) < 4.78 is 23.6. The van der Waals surface area contributed by atoms with E-state index in [2.05, 4.69) is 21.2 Å². The van der Waals surface area contributed by atoms with E-state index in [9.17, 15) is 13.2 Å². The molecule has 0 atom stereocenters. The lowest BCUT2D eigenvalue weighted by Crippen LogP contribution is -2.32. The Kier molecular flexibility index (Phi) is 4.76. The van der Waals surface area contributed by atoms with Crippen molar-refractivity contribution in [2.75, 3.05) is 0 Å². The predicted molar refractivity (Wildman–Crippen MR) is 81.6 cm³/mol. The van der Waals surface area contributed by atoms with E-state index in [0.717, 1.165) is 25.7 Å². The van der Waals surface area contributed by atoms with Gasteiger partial charge < -0.3 is 5.32 Å². The Balaban J connectivity index is 2.32. The van der Waals surface area contributed by atoms with E-state index >= 15 is 0 Å². The van der Waals surface area contributed by atoms with Crippen LogP contribution in [0.4, 0.5) is 0 Å². The highest BCUT2D eigenvalue weighted by Crippen LogP contribution is 2.28. The Morgan fingerprint density at radius 2 is 1.95 bits per heavy atom. The molecule has 1 N–H and O–H groups in total. The molecule has 7 heteroatoms. The van der Waals surface area contributed by atoms with Crippen LogP contribution in [0, 0.1) is 6.92 Å². The van der Waals surface area contributed by atoms with Gasteiger partial charge in [0.2, 0.25) is 0 Å². The SMILES string of the molecule is Cc1c(Br)cc(C(=O)NC2CCCC2)cc1S(=O)(=O)Cl. The average molecular weight is 381 g/mol. The lowest BCUT2D eigenvalue weighted by molar-refractivity contribution is 0.0937. The second-order valence-corrected chi connectivity index (χ2v) is 8.36. The minimum absolute atomic E-state index is 0.0369. The van der Waals surface area contributed by atoms with E-state index in [1.807, 2.05) is 0 Å². The first-order valence-corrected chi connectivity index (χ1v) is 9.45. The molecule has 0 bridgehead atoms. The molecule has 0 saturated heterocycles. The molecule has 4 nitrogen and oxygen atoms in total. The Hall–Kier alpha value is -0.590. The minimum atomic E-state index is -3.88. The molecule has 2 rings (SSSR count). The van der Waals surface area contributed by atoms with Crippen LogP contribution in [-0.4, -0.2) is 20.4 Å². The molecule has 0 spiro atoms. The second kappa shape index (κ2) is 6.03. The van der Waals surface area contributed by atoms with E-state index in [4.69, 9.17) is 10.7 Å². The fourth-order valence-corrected chi connectivity index (χ4v) is 4.19. The van der Waals surface area contributed by atoms with E-state index in [0.29, 0.717) is 15.6 Å². The Bertz CT molecular complexity index is 639. The van der Waals surface area contributed by atoms with Crippen LogP contribution < -0.4 is 5.32 Å². The first-order chi connectivity index (χ1) is 9.29. The van der Waals surface area contributed by atoms with Crippen molar-refractivity contribution < 1.29 is 13.2 Å². The highest BCUT2D eigenvalue weighted by atomic mass is 79.9. The molecule has 110 valence electrons. The third kappa shape index (κ3) is 3.54. The fourth-order valence-electron chi connectivity index (χ4n) is 2.38. The summed E-state index contributed by atoms with van der Waals surface area (Å²) in [5, 5.41) is 2.92. The monoisotopic (exact) mass is 379 g/mol. The molecule has 1 aromatic rings. The molecular formula is C13H15BrClNO3S. The maximum atomic E-state index is 12.2. The van der Waals surface area contributed by atoms with Gasteiger partial charge in [-0.15, -0.1) is 0 Å². The Morgan fingerprint density at radius 1 is 1.35 bits per heavy atom. The third-order valence-electron chi connectivity index (χ3n) is 3.51. The minimum Gasteiger partial charge on any atom is -0.349 e. The number of hydrogen-bond acceptors (Lipinski definition) is 3. The highest BCUT2D eigenvalue weighted by Gasteiger charge is 2.22. The molecule has 0 aliphatic heterocycles. The zero-order chi connectivity index (χ0) is 14.9. The van der Waals surface area contributed by atoms with Crippen molar-refractivity contribution in [3.8, 4) is 0 Å². The van der Waals surface area contributed by atoms with Gasteiger partial charge in [0.25, 0.3) is 15.0 Å². The quantitative estimate of drug-likeness (QED) is 0.818. The molecule has 1 fully saturated rings. The van der Waals surface area contributed by atoms with Gasteiger partial charge in [-0.3, -0.25) is 4.79 Å². The van der Waals surface area contributed by atoms with Crippen molar-refractivity contribution >= 4 is 41.6 Å². The lowest BCUT2D eigenvalue weighted by Gasteiger charge is -2.13. The number of nitrogens with one attached hydrogen (secondary N) is 1. The molecule has 0 heterocycles. The van der Waals surface area contributed by atoms with Gasteiger partial charge >= 0.3 is 0 Å². The smallest absolute Gasteiger partial charge is 0.261 e. The zero-order valence-electron chi connectivity index (χ0n) is 10.9. The Labute approximate surface area is 131 Å². The molecule has 1 amide bonds. The van der Waals surface area contributed by atoms with Gasteiger partial charge in [-0.05, 0) is 37.5 Å².